The van der Waals surface area contributed by atoms with Crippen molar-refractivity contribution < 1.29 is 9.53 Å². The first kappa shape index (κ1) is 13.6. The van der Waals surface area contributed by atoms with Gasteiger partial charge in [0.2, 0.25) is 5.91 Å². The summed E-state index contributed by atoms with van der Waals surface area (Å²) in [4.78, 5) is 10.3. The van der Waals surface area contributed by atoms with Crippen LogP contribution in [-0.2, 0) is 9.53 Å². The number of methoxy groups -OCH3 is 1. The fourth-order valence-corrected chi connectivity index (χ4v) is 0.513. The molecule has 1 amide bonds. The summed E-state index contributed by atoms with van der Waals surface area (Å²) < 4.78 is 4.76. The van der Waals surface area contributed by atoms with Gasteiger partial charge in [0.15, 0.2) is 0 Å². The van der Waals surface area contributed by atoms with Crippen LogP contribution in [0.25, 0.3) is 0 Å². The van der Waals surface area contributed by atoms with Gasteiger partial charge in [-0.2, -0.15) is 0 Å². The van der Waals surface area contributed by atoms with E-state index in [0.717, 1.165) is 0 Å². The molecule has 0 radical (unpaired) electrons. The van der Waals surface area contributed by atoms with Crippen molar-refractivity contribution in [1.82, 2.24) is 5.32 Å². The molecule has 0 spiro atoms. The van der Waals surface area contributed by atoms with E-state index in [2.05, 4.69) is 5.32 Å². The molecule has 4 heteroatoms. The van der Waals surface area contributed by atoms with E-state index >= 15 is 0 Å². The lowest BCUT2D eigenvalue weighted by Gasteiger charge is -2.02. The minimum Gasteiger partial charge on any atom is -0.389 e. The number of carbonyl (C=O) groups excluding carboxylic acids is 1. The van der Waals surface area contributed by atoms with Crippen LogP contribution in [0.5, 0.6) is 0 Å². The highest BCUT2D eigenvalue weighted by Crippen LogP contribution is 1.86. The lowest BCUT2D eigenvalue weighted by atomic mass is 10.4. The topological polar surface area (TPSA) is 64.3 Å². The number of carbonyl (C=O) groups is 1. The van der Waals surface area contributed by atoms with E-state index in [4.69, 9.17) is 10.5 Å². The van der Waals surface area contributed by atoms with Crippen LogP contribution in [-0.4, -0.2) is 26.7 Å². The molecule has 0 fully saturated rings. The summed E-state index contributed by atoms with van der Waals surface area (Å²) in [6, 6.07) is 0. The molecule has 0 rings (SSSR count). The zero-order valence-corrected chi connectivity index (χ0v) is 8.18. The molecule has 0 aliphatic carbocycles. The van der Waals surface area contributed by atoms with E-state index in [0.29, 0.717) is 12.3 Å². The Morgan fingerprint density at radius 1 is 1.58 bits per heavy atom. The zero-order chi connectivity index (χ0) is 9.98. The lowest BCUT2D eigenvalue weighted by molar-refractivity contribution is -0.113. The maximum absolute atomic E-state index is 10.3. The fraction of sp³-hybridized carbons (Fsp3) is 0.625. The Kier molecular flexibility index (Phi) is 11.3. The summed E-state index contributed by atoms with van der Waals surface area (Å²) in [5.74, 6) is -0.471. The van der Waals surface area contributed by atoms with Gasteiger partial charge in [0.1, 0.15) is 0 Å². The minimum absolute atomic E-state index is 0.374. The molecule has 3 N–H and O–H groups in total. The SMILES string of the molecule is CC.CN/C(=C\C(N)=O)COC. The number of nitrogens with one attached hydrogen (secondary N) is 1. The molecule has 0 atom stereocenters. The van der Waals surface area contributed by atoms with Crippen LogP contribution in [0.1, 0.15) is 13.8 Å². The number of ether oxygens (including phenoxy) is 1. The third-order valence-electron chi connectivity index (χ3n) is 0.937. The van der Waals surface area contributed by atoms with Crippen LogP contribution < -0.4 is 11.1 Å². The Labute approximate surface area is 73.8 Å². The molecule has 0 aromatic carbocycles. The Morgan fingerprint density at radius 3 is 2.33 bits per heavy atom. The number of hydrogen-bond acceptors (Lipinski definition) is 3. The van der Waals surface area contributed by atoms with Crippen molar-refractivity contribution in [1.29, 1.82) is 0 Å². The molecule has 0 aliphatic rings. The number of primary amides is 1. The highest BCUT2D eigenvalue weighted by molar-refractivity contribution is 5.86. The molecule has 0 saturated heterocycles. The van der Waals surface area contributed by atoms with Gasteiger partial charge in [0.05, 0.1) is 6.61 Å². The summed E-state index contributed by atoms with van der Waals surface area (Å²) in [7, 11) is 3.25. The normalized spacial score (nSPS) is 9.83. The van der Waals surface area contributed by atoms with E-state index in [1.54, 1.807) is 14.2 Å². The van der Waals surface area contributed by atoms with Crippen molar-refractivity contribution in [2.24, 2.45) is 5.73 Å². The Balaban J connectivity index is 0. The summed E-state index contributed by atoms with van der Waals surface area (Å²) >= 11 is 0. The van der Waals surface area contributed by atoms with Gasteiger partial charge in [-0.15, -0.1) is 0 Å². The van der Waals surface area contributed by atoms with E-state index in [-0.39, 0.29) is 0 Å². The molecule has 0 saturated carbocycles. The van der Waals surface area contributed by atoms with Crippen LogP contribution in [0.4, 0.5) is 0 Å². The van der Waals surface area contributed by atoms with Gasteiger partial charge >= 0.3 is 0 Å². The molecular weight excluding hydrogens is 156 g/mol. The van der Waals surface area contributed by atoms with Crippen LogP contribution >= 0.6 is 0 Å². The second-order valence-corrected chi connectivity index (χ2v) is 1.75. The van der Waals surface area contributed by atoms with E-state index < -0.39 is 5.91 Å². The average Bonchev–Trinajstić information content (AvgIpc) is 2.07. The molecule has 4 nitrogen and oxygen atoms in total. The fourth-order valence-electron chi connectivity index (χ4n) is 0.513. The predicted molar refractivity (Wildman–Crippen MR) is 49.6 cm³/mol. The third kappa shape index (κ3) is 8.97. The second kappa shape index (κ2) is 9.97. The summed E-state index contributed by atoms with van der Waals surface area (Å²) in [5, 5.41) is 2.77. The standard InChI is InChI=1S/C6H12N2O2.C2H6/c1-8-5(4-10-2)3-6(7)9;1-2/h3,8H,4H2,1-2H3,(H2,7,9);1-2H3/b5-3-;. The maximum atomic E-state index is 10.3. The van der Waals surface area contributed by atoms with Crippen LogP contribution in [0, 0.1) is 0 Å². The monoisotopic (exact) mass is 174 g/mol. The predicted octanol–water partition coefficient (Wildman–Crippen LogP) is 0.248. The number of rotatable bonds is 4. The smallest absolute Gasteiger partial charge is 0.243 e. The molecule has 0 bridgehead atoms. The van der Waals surface area contributed by atoms with Crippen molar-refractivity contribution in [2.45, 2.75) is 13.8 Å². The minimum atomic E-state index is -0.471. The van der Waals surface area contributed by atoms with Crippen LogP contribution in [0.2, 0.25) is 0 Å². The highest BCUT2D eigenvalue weighted by atomic mass is 16.5. The van der Waals surface area contributed by atoms with Crippen LogP contribution in [0.3, 0.4) is 0 Å². The van der Waals surface area contributed by atoms with Crippen molar-refractivity contribution in [3.63, 3.8) is 0 Å². The summed E-state index contributed by atoms with van der Waals surface area (Å²) in [5.41, 5.74) is 5.56. The molecule has 72 valence electrons. The largest absolute Gasteiger partial charge is 0.389 e. The number of amides is 1. The van der Waals surface area contributed by atoms with Crippen molar-refractivity contribution in [2.75, 3.05) is 20.8 Å². The zero-order valence-electron chi connectivity index (χ0n) is 8.18. The molecule has 0 aromatic heterocycles. The number of hydrogen-bond donors (Lipinski definition) is 2. The highest BCUT2D eigenvalue weighted by Gasteiger charge is 1.93. The van der Waals surface area contributed by atoms with Crippen molar-refractivity contribution in [3.05, 3.63) is 11.8 Å². The maximum Gasteiger partial charge on any atom is 0.243 e. The van der Waals surface area contributed by atoms with Gasteiger partial charge in [0.25, 0.3) is 0 Å². The average molecular weight is 174 g/mol. The van der Waals surface area contributed by atoms with Crippen LogP contribution in [0.15, 0.2) is 11.8 Å². The van der Waals surface area contributed by atoms with Crippen molar-refractivity contribution in [3.8, 4) is 0 Å². The van der Waals surface area contributed by atoms with Gasteiger partial charge in [-0.3, -0.25) is 4.79 Å². The molecule has 0 aromatic rings. The molecule has 0 unspecified atom stereocenters. The van der Waals surface area contributed by atoms with Gasteiger partial charge in [-0.05, 0) is 0 Å². The van der Waals surface area contributed by atoms with E-state index in [1.165, 1.54) is 6.08 Å². The first-order valence-electron chi connectivity index (χ1n) is 3.87. The Bertz CT molecular complexity index is 144. The Hall–Kier alpha value is -1.03. The van der Waals surface area contributed by atoms with Gasteiger partial charge in [-0.1, -0.05) is 13.8 Å². The quantitative estimate of drug-likeness (QED) is 0.600. The van der Waals surface area contributed by atoms with Gasteiger partial charge < -0.3 is 15.8 Å². The van der Waals surface area contributed by atoms with E-state index in [9.17, 15) is 4.79 Å². The molecule has 0 heterocycles. The van der Waals surface area contributed by atoms with Crippen molar-refractivity contribution >= 4 is 5.91 Å². The molecule has 0 aliphatic heterocycles. The van der Waals surface area contributed by atoms with Gasteiger partial charge in [-0.25, -0.2) is 0 Å². The molecule has 12 heavy (non-hydrogen) atoms. The number of likely N-dealkylation sites (N-methyl/N-ethyl adjacent to an activating group) is 1. The Morgan fingerprint density at radius 2 is 2.08 bits per heavy atom. The first-order chi connectivity index (χ1) is 5.70. The third-order valence-corrected chi connectivity index (χ3v) is 0.937. The lowest BCUT2D eigenvalue weighted by Crippen LogP contribution is -2.16. The summed E-state index contributed by atoms with van der Waals surface area (Å²) in [6.07, 6.45) is 1.30. The number of nitrogens with two attached hydrogens (primary N) is 1. The second-order valence-electron chi connectivity index (χ2n) is 1.75. The summed E-state index contributed by atoms with van der Waals surface area (Å²) in [6.45, 7) is 4.37. The van der Waals surface area contributed by atoms with E-state index in [1.807, 2.05) is 13.8 Å². The molecular formula is C8H18N2O2. The first-order valence-corrected chi connectivity index (χ1v) is 3.87. The van der Waals surface area contributed by atoms with Gasteiger partial charge in [0, 0.05) is 25.9 Å².